The third-order valence-corrected chi connectivity index (χ3v) is 5.03. The second-order valence-corrected chi connectivity index (χ2v) is 7.73. The Morgan fingerprint density at radius 1 is 1.27 bits per heavy atom. The van der Waals surface area contributed by atoms with Gasteiger partial charge in [0.2, 0.25) is 10.0 Å². The van der Waals surface area contributed by atoms with Crippen LogP contribution in [-0.4, -0.2) is 27.5 Å². The minimum absolute atomic E-state index is 0. The molecule has 2 rings (SSSR count). The smallest absolute Gasteiger partial charge is 0.238 e. The fraction of sp³-hybridized carbons (Fsp3) is 0.500. The molecule has 26 heavy (non-hydrogen) atoms. The number of hydrogen-bond donors (Lipinski definition) is 3. The van der Waals surface area contributed by atoms with E-state index in [0.29, 0.717) is 6.54 Å². The van der Waals surface area contributed by atoms with E-state index in [2.05, 4.69) is 21.7 Å². The first-order chi connectivity index (χ1) is 12.0. The predicted octanol–water partition coefficient (Wildman–Crippen LogP) is 2.90. The second-order valence-electron chi connectivity index (χ2n) is 6.17. The first-order valence-corrected chi connectivity index (χ1v) is 10.4. The maximum atomic E-state index is 11.4. The average molecular weight is 492 g/mol. The molecule has 146 valence electrons. The van der Waals surface area contributed by atoms with Crippen molar-refractivity contribution in [1.82, 2.24) is 10.6 Å². The van der Waals surface area contributed by atoms with Gasteiger partial charge >= 0.3 is 0 Å². The van der Waals surface area contributed by atoms with Gasteiger partial charge in [-0.1, -0.05) is 23.8 Å². The van der Waals surface area contributed by atoms with Gasteiger partial charge in [0, 0.05) is 13.1 Å². The van der Waals surface area contributed by atoms with Crippen LogP contribution in [0.25, 0.3) is 0 Å². The molecule has 6 nitrogen and oxygen atoms in total. The third-order valence-electron chi connectivity index (χ3n) is 4.11. The lowest BCUT2D eigenvalue weighted by molar-refractivity contribution is 0.597. The van der Waals surface area contributed by atoms with Gasteiger partial charge in [-0.05, 0) is 56.7 Å². The van der Waals surface area contributed by atoms with E-state index in [4.69, 9.17) is 5.14 Å². The summed E-state index contributed by atoms with van der Waals surface area (Å²) in [5.74, 6) is 0.736. The number of benzene rings is 1. The highest BCUT2D eigenvalue weighted by Crippen LogP contribution is 2.19. The van der Waals surface area contributed by atoms with Crippen LogP contribution in [0.3, 0.4) is 0 Å². The summed E-state index contributed by atoms with van der Waals surface area (Å²) in [4.78, 5) is 4.64. The van der Waals surface area contributed by atoms with Gasteiger partial charge in [-0.3, -0.25) is 0 Å². The average Bonchev–Trinajstić information content (AvgIpc) is 2.60. The lowest BCUT2D eigenvalue weighted by Crippen LogP contribution is -2.37. The molecule has 1 aromatic carbocycles. The van der Waals surface area contributed by atoms with Crippen molar-refractivity contribution in [3.05, 3.63) is 41.5 Å². The largest absolute Gasteiger partial charge is 0.357 e. The number of hydrogen-bond acceptors (Lipinski definition) is 3. The molecule has 4 N–H and O–H groups in total. The summed E-state index contributed by atoms with van der Waals surface area (Å²) in [6.07, 6.45) is 8.39. The van der Waals surface area contributed by atoms with Crippen molar-refractivity contribution in [2.24, 2.45) is 10.1 Å². The number of sulfonamides is 1. The normalized spacial score (nSPS) is 15.0. The Labute approximate surface area is 173 Å². The molecule has 8 heteroatoms. The number of nitrogens with two attached hydrogens (primary N) is 1. The summed E-state index contributed by atoms with van der Waals surface area (Å²) < 4.78 is 22.9. The lowest BCUT2D eigenvalue weighted by Gasteiger charge is -2.15. The Balaban J connectivity index is 0.00000338. The van der Waals surface area contributed by atoms with E-state index < -0.39 is 10.0 Å². The van der Waals surface area contributed by atoms with E-state index in [1.54, 1.807) is 12.1 Å². The van der Waals surface area contributed by atoms with Crippen molar-refractivity contribution in [3.63, 3.8) is 0 Å². The van der Waals surface area contributed by atoms with Crippen LogP contribution in [-0.2, 0) is 16.6 Å². The first kappa shape index (κ1) is 22.9. The molecule has 0 saturated carbocycles. The second kappa shape index (κ2) is 11.6. The maximum absolute atomic E-state index is 11.4. The quantitative estimate of drug-likeness (QED) is 0.236. The molecule has 0 radical (unpaired) electrons. The zero-order valence-electron chi connectivity index (χ0n) is 15.2. The molecule has 0 saturated heterocycles. The number of nitrogens with zero attached hydrogens (tertiary/aromatic N) is 1. The van der Waals surface area contributed by atoms with Gasteiger partial charge in [0.15, 0.2) is 5.96 Å². The van der Waals surface area contributed by atoms with Crippen LogP contribution >= 0.6 is 24.0 Å². The summed E-state index contributed by atoms with van der Waals surface area (Å²) in [6.45, 7) is 4.02. The van der Waals surface area contributed by atoms with E-state index in [9.17, 15) is 8.42 Å². The molecule has 1 aromatic rings. The van der Waals surface area contributed by atoms with Crippen molar-refractivity contribution in [1.29, 1.82) is 0 Å². The number of nitrogens with one attached hydrogen (secondary N) is 2. The molecule has 0 heterocycles. The number of primary sulfonamides is 1. The highest BCUT2D eigenvalue weighted by Gasteiger charge is 2.08. The maximum Gasteiger partial charge on any atom is 0.238 e. The van der Waals surface area contributed by atoms with E-state index in [1.807, 2.05) is 13.0 Å². The van der Waals surface area contributed by atoms with Crippen LogP contribution in [0, 0.1) is 0 Å². The third kappa shape index (κ3) is 8.05. The topological polar surface area (TPSA) is 96.6 Å². The minimum atomic E-state index is -3.69. The molecule has 0 aromatic heterocycles. The molecular weight excluding hydrogens is 463 g/mol. The van der Waals surface area contributed by atoms with Crippen LogP contribution in [0.2, 0.25) is 0 Å². The summed E-state index contributed by atoms with van der Waals surface area (Å²) >= 11 is 0. The van der Waals surface area contributed by atoms with Crippen molar-refractivity contribution in [3.8, 4) is 0 Å². The zero-order chi connectivity index (χ0) is 18.1. The molecule has 1 aliphatic rings. The summed E-state index contributed by atoms with van der Waals surface area (Å²) in [7, 11) is -3.69. The number of halogens is 1. The fourth-order valence-electron chi connectivity index (χ4n) is 2.81. The highest BCUT2D eigenvalue weighted by atomic mass is 127. The van der Waals surface area contributed by atoms with Gasteiger partial charge < -0.3 is 10.6 Å². The van der Waals surface area contributed by atoms with Crippen molar-refractivity contribution in [2.75, 3.05) is 13.1 Å². The van der Waals surface area contributed by atoms with E-state index in [-0.39, 0.29) is 28.9 Å². The number of allylic oxidation sites excluding steroid dienone is 1. The first-order valence-electron chi connectivity index (χ1n) is 8.81. The molecule has 1 aliphatic carbocycles. The number of rotatable bonds is 7. The van der Waals surface area contributed by atoms with Crippen molar-refractivity contribution < 1.29 is 8.42 Å². The summed E-state index contributed by atoms with van der Waals surface area (Å²) in [6, 6.07) is 6.58. The van der Waals surface area contributed by atoms with Crippen LogP contribution < -0.4 is 15.8 Å². The Hall–Kier alpha value is -1.13. The molecule has 0 fully saturated rings. The fourth-order valence-corrected chi connectivity index (χ4v) is 3.39. The SMILES string of the molecule is CCNC(=NCc1cccc(S(N)(=O)=O)c1)NCCC1=CCCCC1.I. The molecule has 0 bridgehead atoms. The Kier molecular flexibility index (Phi) is 10.2. The zero-order valence-corrected chi connectivity index (χ0v) is 18.3. The summed E-state index contributed by atoms with van der Waals surface area (Å²) in [5, 5.41) is 11.7. The standard InChI is InChI=1S/C18H28N4O2S.HI/c1-2-20-18(21-12-11-15-7-4-3-5-8-15)22-14-16-9-6-10-17(13-16)25(19,23)24;/h6-7,9-10,13H,2-5,8,11-12,14H2,1H3,(H2,19,23,24)(H2,20,21,22);1H. The van der Waals surface area contributed by atoms with Gasteiger partial charge in [0.05, 0.1) is 11.4 Å². The van der Waals surface area contributed by atoms with E-state index in [0.717, 1.165) is 31.0 Å². The van der Waals surface area contributed by atoms with Gasteiger partial charge in [-0.15, -0.1) is 24.0 Å². The molecule has 0 atom stereocenters. The van der Waals surface area contributed by atoms with E-state index >= 15 is 0 Å². The predicted molar refractivity (Wildman–Crippen MR) is 117 cm³/mol. The Bertz CT molecular complexity index is 732. The molecule has 0 spiro atoms. The van der Waals surface area contributed by atoms with Gasteiger partial charge in [-0.25, -0.2) is 18.5 Å². The van der Waals surface area contributed by atoms with Crippen LogP contribution in [0.1, 0.15) is 44.6 Å². The van der Waals surface area contributed by atoms with Gasteiger partial charge in [-0.2, -0.15) is 0 Å². The van der Waals surface area contributed by atoms with Crippen LogP contribution in [0.5, 0.6) is 0 Å². The van der Waals surface area contributed by atoms with Crippen LogP contribution in [0.15, 0.2) is 45.8 Å². The molecule has 0 amide bonds. The van der Waals surface area contributed by atoms with Gasteiger partial charge in [0.25, 0.3) is 0 Å². The number of guanidine groups is 1. The number of aliphatic imine (C=N–C) groups is 1. The Morgan fingerprint density at radius 2 is 2.08 bits per heavy atom. The molecule has 0 aliphatic heterocycles. The minimum Gasteiger partial charge on any atom is -0.357 e. The lowest BCUT2D eigenvalue weighted by atomic mass is 9.97. The van der Waals surface area contributed by atoms with Crippen LogP contribution in [0.4, 0.5) is 0 Å². The van der Waals surface area contributed by atoms with E-state index in [1.165, 1.54) is 37.3 Å². The van der Waals surface area contributed by atoms with Crippen molar-refractivity contribution >= 4 is 40.0 Å². The molecule has 0 unspecified atom stereocenters. The Morgan fingerprint density at radius 3 is 2.73 bits per heavy atom. The molecular formula is C18H29IN4O2S. The van der Waals surface area contributed by atoms with Gasteiger partial charge in [0.1, 0.15) is 0 Å². The summed E-state index contributed by atoms with van der Waals surface area (Å²) in [5.41, 5.74) is 2.33. The highest BCUT2D eigenvalue weighted by molar-refractivity contribution is 14.0. The monoisotopic (exact) mass is 492 g/mol. The van der Waals surface area contributed by atoms with Crippen molar-refractivity contribution in [2.45, 2.75) is 50.5 Å².